The molecule has 0 aliphatic carbocycles. The summed E-state index contributed by atoms with van der Waals surface area (Å²) in [5.74, 6) is 1.02. The molecule has 0 bridgehead atoms. The molecule has 0 saturated carbocycles. The van der Waals surface area contributed by atoms with Gasteiger partial charge in [0.05, 0.1) is 25.9 Å². The highest BCUT2D eigenvalue weighted by molar-refractivity contribution is 5.57. The fourth-order valence-electron chi connectivity index (χ4n) is 2.23. The van der Waals surface area contributed by atoms with Crippen molar-refractivity contribution in [1.82, 2.24) is 0 Å². The molecule has 2 radical (unpaired) electrons. The molecule has 2 atom stereocenters. The highest BCUT2D eigenvalue weighted by Gasteiger charge is 2.09. The first-order chi connectivity index (χ1) is 11.1. The third-order valence-electron chi connectivity index (χ3n) is 3.85. The smallest absolute Gasteiger partial charge is 0.127 e. The molecule has 0 aromatic heterocycles. The maximum Gasteiger partial charge on any atom is 0.127 e. The molecule has 2 unspecified atom stereocenters. The van der Waals surface area contributed by atoms with E-state index in [2.05, 4.69) is 13.0 Å². The van der Waals surface area contributed by atoms with E-state index in [1.54, 1.807) is 27.4 Å². The average molecular weight is 320 g/mol. The van der Waals surface area contributed by atoms with Crippen molar-refractivity contribution in [2.75, 3.05) is 27.9 Å². The molecular weight excluding hydrogens is 292 g/mol. The summed E-state index contributed by atoms with van der Waals surface area (Å²) < 4.78 is 21.5. The molecular formula is C19H28O4. The summed E-state index contributed by atoms with van der Waals surface area (Å²) in [7, 11) is 5.02. The predicted molar refractivity (Wildman–Crippen MR) is 91.2 cm³/mol. The van der Waals surface area contributed by atoms with Gasteiger partial charge in [0.2, 0.25) is 0 Å². The Morgan fingerprint density at radius 1 is 1.17 bits per heavy atom. The molecule has 0 fully saturated rings. The first-order valence-corrected chi connectivity index (χ1v) is 7.97. The summed E-state index contributed by atoms with van der Waals surface area (Å²) in [6.45, 7) is 8.40. The van der Waals surface area contributed by atoms with Crippen LogP contribution in [0.15, 0.2) is 18.2 Å². The van der Waals surface area contributed by atoms with Crippen LogP contribution in [0.2, 0.25) is 0 Å². The maximum absolute atomic E-state index is 5.75. The van der Waals surface area contributed by atoms with Gasteiger partial charge in [0.1, 0.15) is 11.5 Å². The Labute approximate surface area is 140 Å². The third-order valence-corrected chi connectivity index (χ3v) is 3.85. The molecule has 4 heteroatoms. The standard InChI is InChI=1S/C19H28O4/c1-15(20-3)8-6-10-18(22-5)12-13-23-19-11-7-9-17(14-19)16(2)21-4/h2,7,9,14-15,18H,6,8,10,12-13H2,1,3-5H3. The first-order valence-electron chi connectivity index (χ1n) is 7.97. The Hall–Kier alpha value is -1.52. The van der Waals surface area contributed by atoms with Gasteiger partial charge in [0.25, 0.3) is 0 Å². The van der Waals surface area contributed by atoms with Crippen LogP contribution in [-0.4, -0.2) is 40.1 Å². The van der Waals surface area contributed by atoms with Gasteiger partial charge < -0.3 is 18.9 Å². The number of methoxy groups -OCH3 is 3. The molecule has 1 aromatic rings. The van der Waals surface area contributed by atoms with Crippen molar-refractivity contribution in [2.24, 2.45) is 0 Å². The lowest BCUT2D eigenvalue weighted by molar-refractivity contribution is 0.0634. The Morgan fingerprint density at radius 3 is 2.61 bits per heavy atom. The quantitative estimate of drug-likeness (QED) is 0.547. The van der Waals surface area contributed by atoms with Crippen molar-refractivity contribution < 1.29 is 18.9 Å². The van der Waals surface area contributed by atoms with Crippen LogP contribution in [0.4, 0.5) is 0 Å². The van der Waals surface area contributed by atoms with Crippen LogP contribution < -0.4 is 4.74 Å². The predicted octanol–water partition coefficient (Wildman–Crippen LogP) is 3.90. The van der Waals surface area contributed by atoms with Crippen molar-refractivity contribution in [3.05, 3.63) is 36.4 Å². The van der Waals surface area contributed by atoms with Gasteiger partial charge in [-0.05, 0) is 44.9 Å². The molecule has 0 heterocycles. The van der Waals surface area contributed by atoms with Crippen LogP contribution in [0.25, 0.3) is 5.76 Å². The molecule has 128 valence electrons. The second-order valence-corrected chi connectivity index (χ2v) is 5.48. The van der Waals surface area contributed by atoms with E-state index in [0.717, 1.165) is 31.2 Å². The van der Waals surface area contributed by atoms with E-state index in [4.69, 9.17) is 25.5 Å². The normalized spacial score (nSPS) is 13.4. The first kappa shape index (κ1) is 19.5. The van der Waals surface area contributed by atoms with Gasteiger partial charge in [-0.3, -0.25) is 0 Å². The molecule has 0 aliphatic rings. The Bertz CT molecular complexity index is 458. The van der Waals surface area contributed by atoms with Crippen LogP contribution in [0.5, 0.6) is 5.75 Å². The van der Waals surface area contributed by atoms with Gasteiger partial charge in [0, 0.05) is 32.3 Å². The second kappa shape index (κ2) is 11.1. The van der Waals surface area contributed by atoms with Crippen LogP contribution in [-0.2, 0) is 14.2 Å². The second-order valence-electron chi connectivity index (χ2n) is 5.48. The molecule has 1 aromatic carbocycles. The summed E-state index contributed by atoms with van der Waals surface area (Å²) >= 11 is 0. The van der Waals surface area contributed by atoms with E-state index in [9.17, 15) is 0 Å². The molecule has 0 aliphatic heterocycles. The minimum Gasteiger partial charge on any atom is -0.496 e. The molecule has 1 rings (SSSR count). The van der Waals surface area contributed by atoms with Crippen LogP contribution in [0, 0.1) is 12.6 Å². The van der Waals surface area contributed by atoms with Gasteiger partial charge in [-0.15, -0.1) is 0 Å². The van der Waals surface area contributed by atoms with Crippen molar-refractivity contribution in [2.45, 2.75) is 44.8 Å². The van der Waals surface area contributed by atoms with E-state index in [-0.39, 0.29) is 6.10 Å². The number of rotatable bonds is 12. The van der Waals surface area contributed by atoms with Crippen LogP contribution in [0.3, 0.4) is 0 Å². The number of hydrogen-bond donors (Lipinski definition) is 0. The van der Waals surface area contributed by atoms with Gasteiger partial charge in [0.15, 0.2) is 0 Å². The lowest BCUT2D eigenvalue weighted by atomic mass is 10.1. The SMILES string of the molecule is [CH]=C(OC)c1cc[c]c(OCCC(CCCC(C)OC)OC)c1. The highest BCUT2D eigenvalue weighted by Crippen LogP contribution is 2.19. The minimum atomic E-state index is 0.192. The van der Waals surface area contributed by atoms with E-state index in [0.29, 0.717) is 24.2 Å². The molecule has 0 amide bonds. The summed E-state index contributed by atoms with van der Waals surface area (Å²) in [5.41, 5.74) is 0.790. The van der Waals surface area contributed by atoms with Crippen molar-refractivity contribution in [1.29, 1.82) is 0 Å². The topological polar surface area (TPSA) is 36.9 Å². The van der Waals surface area contributed by atoms with Crippen molar-refractivity contribution in [3.63, 3.8) is 0 Å². The summed E-state index contributed by atoms with van der Waals surface area (Å²) in [6, 6.07) is 8.47. The fourth-order valence-corrected chi connectivity index (χ4v) is 2.23. The monoisotopic (exact) mass is 320 g/mol. The van der Waals surface area contributed by atoms with E-state index >= 15 is 0 Å². The summed E-state index contributed by atoms with van der Waals surface area (Å²) in [4.78, 5) is 0. The zero-order valence-electron chi connectivity index (χ0n) is 14.6. The molecule has 23 heavy (non-hydrogen) atoms. The molecule has 0 N–H and O–H groups in total. The van der Waals surface area contributed by atoms with E-state index in [1.165, 1.54) is 0 Å². The van der Waals surface area contributed by atoms with Crippen molar-refractivity contribution >= 4 is 5.76 Å². The van der Waals surface area contributed by atoms with Crippen LogP contribution >= 0.6 is 0 Å². The zero-order chi connectivity index (χ0) is 17.1. The van der Waals surface area contributed by atoms with Gasteiger partial charge in [-0.1, -0.05) is 6.07 Å². The molecule has 0 spiro atoms. The summed E-state index contributed by atoms with van der Waals surface area (Å²) in [6.07, 6.45) is 4.44. The Morgan fingerprint density at radius 2 is 1.96 bits per heavy atom. The molecule has 0 saturated heterocycles. The highest BCUT2D eigenvalue weighted by atomic mass is 16.5. The minimum absolute atomic E-state index is 0.192. The fraction of sp³-hybridized carbons (Fsp3) is 0.579. The van der Waals surface area contributed by atoms with Gasteiger partial charge in [-0.2, -0.15) is 0 Å². The number of ether oxygens (including phenoxy) is 4. The lowest BCUT2D eigenvalue weighted by Gasteiger charge is -2.17. The van der Waals surface area contributed by atoms with Gasteiger partial charge in [-0.25, -0.2) is 0 Å². The maximum atomic E-state index is 5.75. The largest absolute Gasteiger partial charge is 0.496 e. The van der Waals surface area contributed by atoms with Crippen molar-refractivity contribution in [3.8, 4) is 5.75 Å². The molecule has 4 nitrogen and oxygen atoms in total. The average Bonchev–Trinajstić information content (AvgIpc) is 2.59. The number of benzene rings is 1. The summed E-state index contributed by atoms with van der Waals surface area (Å²) in [5, 5.41) is 0. The van der Waals surface area contributed by atoms with Crippen LogP contribution in [0.1, 0.15) is 38.2 Å². The van der Waals surface area contributed by atoms with E-state index < -0.39 is 0 Å². The van der Waals surface area contributed by atoms with Gasteiger partial charge >= 0.3 is 0 Å². The number of hydrogen-bond acceptors (Lipinski definition) is 4. The lowest BCUT2D eigenvalue weighted by Crippen LogP contribution is -2.16. The zero-order valence-corrected chi connectivity index (χ0v) is 14.6. The third kappa shape index (κ3) is 7.53. The Kier molecular flexibility index (Phi) is 9.41. The Balaban J connectivity index is 2.35. The van der Waals surface area contributed by atoms with E-state index in [1.807, 2.05) is 12.1 Å².